The van der Waals surface area contributed by atoms with Crippen LogP contribution in [0.25, 0.3) is 0 Å². The van der Waals surface area contributed by atoms with Crippen LogP contribution in [0.5, 0.6) is 0 Å². The Bertz CT molecular complexity index is 1440. The quantitative estimate of drug-likeness (QED) is 0.247. The standard InChI is InChI=1S/C28H26N9OP/c39-38-28(25-19-35(32-29-25)16-22-10-4-1-5-11-22,26-20-36(33-30-26)17-23-12-6-2-7-13-23)27-21-37(34-31-27)18-24-14-8-3-9-15-24/h1-15,19-21H,16-18,39H2. The third-order valence-corrected chi connectivity index (χ3v) is 6.79. The van der Waals surface area contributed by atoms with E-state index < -0.39 is 5.60 Å². The fraction of sp³-hybridized carbons (Fsp3) is 0.143. The summed E-state index contributed by atoms with van der Waals surface area (Å²) in [5.41, 5.74) is 3.58. The highest BCUT2D eigenvalue weighted by atomic mass is 31.0. The molecule has 10 nitrogen and oxygen atoms in total. The molecule has 0 aliphatic heterocycles. The first kappa shape index (κ1) is 24.8. The van der Waals surface area contributed by atoms with Gasteiger partial charge in [0.2, 0.25) is 5.60 Å². The van der Waals surface area contributed by atoms with Crippen molar-refractivity contribution in [2.24, 2.45) is 0 Å². The second-order valence-electron chi connectivity index (χ2n) is 9.16. The highest BCUT2D eigenvalue weighted by Crippen LogP contribution is 2.39. The largest absolute Gasteiger partial charge is 0.340 e. The van der Waals surface area contributed by atoms with Crippen LogP contribution in [-0.4, -0.2) is 45.0 Å². The monoisotopic (exact) mass is 535 g/mol. The van der Waals surface area contributed by atoms with Gasteiger partial charge in [-0.2, -0.15) is 0 Å². The molecule has 0 fully saturated rings. The van der Waals surface area contributed by atoms with Gasteiger partial charge in [-0.15, -0.1) is 15.3 Å². The van der Waals surface area contributed by atoms with Crippen LogP contribution in [0.2, 0.25) is 0 Å². The molecule has 6 rings (SSSR count). The van der Waals surface area contributed by atoms with Gasteiger partial charge in [0.25, 0.3) is 0 Å². The summed E-state index contributed by atoms with van der Waals surface area (Å²) in [5.74, 6) is 0. The summed E-state index contributed by atoms with van der Waals surface area (Å²) in [6, 6.07) is 30.2. The second-order valence-corrected chi connectivity index (χ2v) is 9.40. The molecule has 0 bridgehead atoms. The topological polar surface area (TPSA) is 101 Å². The van der Waals surface area contributed by atoms with E-state index in [9.17, 15) is 0 Å². The fourth-order valence-corrected chi connectivity index (χ4v) is 4.86. The molecule has 1 unspecified atom stereocenters. The highest BCUT2D eigenvalue weighted by Gasteiger charge is 2.45. The van der Waals surface area contributed by atoms with Crippen LogP contribution in [0.4, 0.5) is 0 Å². The van der Waals surface area contributed by atoms with Crippen molar-refractivity contribution in [3.8, 4) is 0 Å². The van der Waals surface area contributed by atoms with Crippen LogP contribution in [0.15, 0.2) is 110 Å². The number of rotatable bonds is 10. The molecule has 0 aliphatic rings. The van der Waals surface area contributed by atoms with Crippen molar-refractivity contribution in [1.82, 2.24) is 45.0 Å². The molecule has 6 aromatic rings. The minimum atomic E-state index is -1.30. The normalized spacial score (nSPS) is 11.6. The van der Waals surface area contributed by atoms with E-state index in [1.807, 2.05) is 110 Å². The number of hydrogen-bond donors (Lipinski definition) is 0. The average molecular weight is 536 g/mol. The van der Waals surface area contributed by atoms with E-state index in [0.717, 1.165) is 16.7 Å². The van der Waals surface area contributed by atoms with Gasteiger partial charge in [0.05, 0.1) is 38.2 Å². The Morgan fingerprint density at radius 2 is 0.821 bits per heavy atom. The summed E-state index contributed by atoms with van der Waals surface area (Å²) in [6.45, 7) is 1.67. The van der Waals surface area contributed by atoms with E-state index in [-0.39, 0.29) is 0 Å². The first-order valence-electron chi connectivity index (χ1n) is 12.4. The Hall–Kier alpha value is -4.53. The number of benzene rings is 3. The molecule has 11 heteroatoms. The van der Waals surface area contributed by atoms with Crippen LogP contribution in [0.1, 0.15) is 33.8 Å². The van der Waals surface area contributed by atoms with Crippen molar-refractivity contribution in [3.63, 3.8) is 0 Å². The Labute approximate surface area is 227 Å². The lowest BCUT2D eigenvalue weighted by Crippen LogP contribution is -2.31. The minimum absolute atomic E-state index is 0.520. The van der Waals surface area contributed by atoms with Crippen molar-refractivity contribution in [1.29, 1.82) is 0 Å². The smallest absolute Gasteiger partial charge is 0.207 e. The lowest BCUT2D eigenvalue weighted by atomic mass is 9.93. The van der Waals surface area contributed by atoms with Crippen LogP contribution in [-0.2, 0) is 29.8 Å². The van der Waals surface area contributed by atoms with E-state index >= 15 is 0 Å². The molecule has 194 valence electrons. The van der Waals surface area contributed by atoms with Crippen LogP contribution in [0.3, 0.4) is 0 Å². The Balaban J connectivity index is 1.39. The third kappa shape index (κ3) is 5.25. The van der Waals surface area contributed by atoms with Gasteiger partial charge < -0.3 is 4.52 Å². The van der Waals surface area contributed by atoms with Crippen molar-refractivity contribution in [3.05, 3.63) is 143 Å². The molecule has 0 aliphatic carbocycles. The van der Waals surface area contributed by atoms with Gasteiger partial charge in [0.15, 0.2) is 0 Å². The molecule has 3 heterocycles. The van der Waals surface area contributed by atoms with E-state index in [1.54, 1.807) is 14.0 Å². The van der Waals surface area contributed by atoms with Crippen LogP contribution in [0, 0.1) is 0 Å². The highest BCUT2D eigenvalue weighted by molar-refractivity contribution is 7.09. The van der Waals surface area contributed by atoms with Gasteiger partial charge >= 0.3 is 0 Å². The molecule has 0 spiro atoms. The van der Waals surface area contributed by atoms with Crippen LogP contribution >= 0.6 is 9.47 Å². The molecular weight excluding hydrogens is 509 g/mol. The minimum Gasteiger partial charge on any atom is -0.340 e. The first-order valence-corrected chi connectivity index (χ1v) is 12.9. The molecule has 3 aromatic carbocycles. The molecular formula is C28H26N9OP. The molecule has 0 N–H and O–H groups in total. The number of aromatic nitrogens is 9. The van der Waals surface area contributed by atoms with Crippen molar-refractivity contribution >= 4 is 9.47 Å². The van der Waals surface area contributed by atoms with E-state index in [2.05, 4.69) is 40.4 Å². The maximum absolute atomic E-state index is 6.16. The maximum atomic E-state index is 6.16. The first-order chi connectivity index (χ1) is 19.2. The fourth-order valence-electron chi connectivity index (χ4n) is 4.50. The average Bonchev–Trinajstić information content (AvgIpc) is 3.75. The summed E-state index contributed by atoms with van der Waals surface area (Å²) >= 11 is 0. The lowest BCUT2D eigenvalue weighted by Gasteiger charge is -2.25. The number of nitrogens with zero attached hydrogens (tertiary/aromatic N) is 9. The zero-order chi connectivity index (χ0) is 26.5. The SMILES string of the molecule is POC(c1cn(Cc2ccccc2)nn1)(c1cn(Cc2ccccc2)nn1)c1cn(Cc2ccccc2)nn1. The van der Waals surface area contributed by atoms with Crippen LogP contribution < -0.4 is 0 Å². The maximum Gasteiger partial charge on any atom is 0.207 e. The van der Waals surface area contributed by atoms with Crippen molar-refractivity contribution in [2.75, 3.05) is 0 Å². The summed E-state index contributed by atoms with van der Waals surface area (Å²) in [7, 11) is 2.35. The van der Waals surface area contributed by atoms with Gasteiger partial charge in [-0.3, -0.25) is 0 Å². The Morgan fingerprint density at radius 1 is 0.513 bits per heavy atom. The molecule has 1 atom stereocenters. The van der Waals surface area contributed by atoms with E-state index in [4.69, 9.17) is 4.52 Å². The zero-order valence-electron chi connectivity index (χ0n) is 21.0. The summed E-state index contributed by atoms with van der Waals surface area (Å²) in [4.78, 5) is 0. The molecule has 39 heavy (non-hydrogen) atoms. The van der Waals surface area contributed by atoms with E-state index in [1.165, 1.54) is 0 Å². The summed E-state index contributed by atoms with van der Waals surface area (Å²) in [5, 5.41) is 26.7. The Kier molecular flexibility index (Phi) is 7.03. The Morgan fingerprint density at radius 3 is 1.10 bits per heavy atom. The summed E-state index contributed by atoms with van der Waals surface area (Å²) < 4.78 is 11.5. The van der Waals surface area contributed by atoms with Gasteiger partial charge in [0.1, 0.15) is 17.1 Å². The second kappa shape index (κ2) is 11.1. The van der Waals surface area contributed by atoms with Crippen molar-refractivity contribution < 1.29 is 4.52 Å². The van der Waals surface area contributed by atoms with Gasteiger partial charge in [0, 0.05) is 9.47 Å². The summed E-state index contributed by atoms with van der Waals surface area (Å²) in [6.07, 6.45) is 5.55. The molecule has 0 radical (unpaired) electrons. The van der Waals surface area contributed by atoms with Gasteiger partial charge in [-0.1, -0.05) is 107 Å². The molecule has 0 saturated carbocycles. The lowest BCUT2D eigenvalue weighted by molar-refractivity contribution is 0.173. The molecule has 0 amide bonds. The van der Waals surface area contributed by atoms with Gasteiger partial charge in [-0.05, 0) is 16.7 Å². The third-order valence-electron chi connectivity index (χ3n) is 6.44. The van der Waals surface area contributed by atoms with E-state index in [0.29, 0.717) is 36.7 Å². The predicted molar refractivity (Wildman–Crippen MR) is 147 cm³/mol. The molecule has 3 aromatic heterocycles. The number of hydrogen-bond acceptors (Lipinski definition) is 7. The molecule has 0 saturated heterocycles. The predicted octanol–water partition coefficient (Wildman–Crippen LogP) is 3.70. The van der Waals surface area contributed by atoms with Crippen molar-refractivity contribution in [2.45, 2.75) is 25.2 Å². The zero-order valence-corrected chi connectivity index (χ0v) is 22.2. The van der Waals surface area contributed by atoms with Gasteiger partial charge in [-0.25, -0.2) is 14.0 Å².